The van der Waals surface area contributed by atoms with E-state index in [2.05, 4.69) is 22.5 Å². The first-order valence-corrected chi connectivity index (χ1v) is 4.13. The van der Waals surface area contributed by atoms with Gasteiger partial charge in [-0.25, -0.2) is 0 Å². The average molecular weight is 242 g/mol. The molecule has 0 aliphatic carbocycles. The van der Waals surface area contributed by atoms with Crippen molar-refractivity contribution < 1.29 is 0 Å². The minimum atomic E-state index is 0.556. The molecule has 0 atom stereocenters. The van der Waals surface area contributed by atoms with E-state index in [1.54, 1.807) is 19.1 Å². The fourth-order valence-corrected chi connectivity index (χ4v) is 0.537. The molecule has 0 radical (unpaired) electrons. The molecule has 0 aromatic carbocycles. The summed E-state index contributed by atoms with van der Waals surface area (Å²) in [5, 5.41) is 1.24. The monoisotopic (exact) mass is 240 g/mol. The smallest absolute Gasteiger partial charge is 0.0542 e. The van der Waals surface area contributed by atoms with E-state index >= 15 is 0 Å². The standard InChI is InChI=1S/C7H7BrCl2/c1-5(9)3-4-7(10)6(2)8/h3-4H,2H2,1H3/b5-3+,7-4+. The van der Waals surface area contributed by atoms with Crippen molar-refractivity contribution in [2.24, 2.45) is 0 Å². The summed E-state index contributed by atoms with van der Waals surface area (Å²) in [7, 11) is 0. The Hall–Kier alpha value is 0.280. The van der Waals surface area contributed by atoms with Crippen LogP contribution in [-0.4, -0.2) is 0 Å². The van der Waals surface area contributed by atoms with Gasteiger partial charge in [-0.1, -0.05) is 29.8 Å². The molecule has 0 aliphatic heterocycles. The Balaban J connectivity index is 4.19. The molecule has 0 aromatic rings. The first-order valence-electron chi connectivity index (χ1n) is 2.58. The van der Waals surface area contributed by atoms with Gasteiger partial charge >= 0.3 is 0 Å². The van der Waals surface area contributed by atoms with Crippen molar-refractivity contribution in [3.05, 3.63) is 33.3 Å². The molecule has 0 rings (SSSR count). The van der Waals surface area contributed by atoms with Gasteiger partial charge in [-0.2, -0.15) is 0 Å². The van der Waals surface area contributed by atoms with Crippen LogP contribution in [0.5, 0.6) is 0 Å². The zero-order valence-electron chi connectivity index (χ0n) is 5.50. The van der Waals surface area contributed by atoms with Crippen LogP contribution < -0.4 is 0 Å². The Morgan fingerprint density at radius 1 is 1.40 bits per heavy atom. The lowest BCUT2D eigenvalue weighted by molar-refractivity contribution is 1.65. The highest BCUT2D eigenvalue weighted by atomic mass is 79.9. The number of rotatable bonds is 2. The van der Waals surface area contributed by atoms with E-state index in [1.807, 2.05) is 0 Å². The number of halogens is 3. The highest BCUT2D eigenvalue weighted by molar-refractivity contribution is 9.12. The minimum Gasteiger partial charge on any atom is -0.0895 e. The maximum Gasteiger partial charge on any atom is 0.0542 e. The number of allylic oxidation sites excluding steroid dienone is 5. The van der Waals surface area contributed by atoms with Crippen molar-refractivity contribution in [1.29, 1.82) is 0 Å². The first kappa shape index (κ1) is 10.3. The number of hydrogen-bond acceptors (Lipinski definition) is 0. The fourth-order valence-electron chi connectivity index (χ4n) is 0.278. The summed E-state index contributed by atoms with van der Waals surface area (Å²) in [6, 6.07) is 0. The highest BCUT2D eigenvalue weighted by Gasteiger charge is 1.90. The predicted octanol–water partition coefficient (Wildman–Crippen LogP) is 4.16. The normalized spacial score (nSPS) is 13.6. The van der Waals surface area contributed by atoms with Crippen LogP contribution in [0.4, 0.5) is 0 Å². The molecule has 3 heteroatoms. The van der Waals surface area contributed by atoms with Gasteiger partial charge in [0.05, 0.1) is 5.03 Å². The molecule has 0 saturated carbocycles. The van der Waals surface area contributed by atoms with Crippen LogP contribution in [0.3, 0.4) is 0 Å². The maximum absolute atomic E-state index is 5.67. The van der Waals surface area contributed by atoms with E-state index in [0.29, 0.717) is 14.5 Å². The molecular formula is C7H7BrCl2. The van der Waals surface area contributed by atoms with Gasteiger partial charge in [0.15, 0.2) is 0 Å². The van der Waals surface area contributed by atoms with Crippen LogP contribution in [0, 0.1) is 0 Å². The van der Waals surface area contributed by atoms with E-state index in [1.165, 1.54) is 0 Å². The molecule has 0 heterocycles. The lowest BCUT2D eigenvalue weighted by atomic mass is 10.4. The molecule has 0 nitrogen and oxygen atoms in total. The summed E-state index contributed by atoms with van der Waals surface area (Å²) in [5.41, 5.74) is 0. The van der Waals surface area contributed by atoms with Gasteiger partial charge in [0.1, 0.15) is 0 Å². The molecule has 0 aliphatic rings. The third-order valence-corrected chi connectivity index (χ3v) is 1.85. The van der Waals surface area contributed by atoms with Gasteiger partial charge in [0.2, 0.25) is 0 Å². The second kappa shape index (κ2) is 5.00. The van der Waals surface area contributed by atoms with Gasteiger partial charge in [0, 0.05) is 9.51 Å². The topological polar surface area (TPSA) is 0 Å². The number of hydrogen-bond donors (Lipinski definition) is 0. The molecule has 0 saturated heterocycles. The SMILES string of the molecule is C=C(Br)/C(Cl)=C\C=C(/C)Cl. The summed E-state index contributed by atoms with van der Waals surface area (Å²) < 4.78 is 0.656. The van der Waals surface area contributed by atoms with E-state index in [-0.39, 0.29) is 0 Å². The molecule has 10 heavy (non-hydrogen) atoms. The third-order valence-electron chi connectivity index (χ3n) is 0.718. The van der Waals surface area contributed by atoms with Crippen molar-refractivity contribution in [2.45, 2.75) is 6.92 Å². The van der Waals surface area contributed by atoms with Crippen LogP contribution in [-0.2, 0) is 0 Å². The van der Waals surface area contributed by atoms with E-state index in [0.717, 1.165) is 0 Å². The zero-order chi connectivity index (χ0) is 8.15. The molecule has 0 unspecified atom stereocenters. The molecule has 0 spiro atoms. The molecule has 0 aromatic heterocycles. The van der Waals surface area contributed by atoms with Gasteiger partial charge in [0.25, 0.3) is 0 Å². The Kier molecular flexibility index (Phi) is 5.14. The van der Waals surface area contributed by atoms with Gasteiger partial charge in [-0.3, -0.25) is 0 Å². The first-order chi connectivity index (χ1) is 4.54. The second-order valence-electron chi connectivity index (χ2n) is 1.67. The molecule has 0 amide bonds. The fraction of sp³-hybridized carbons (Fsp3) is 0.143. The Labute approximate surface area is 79.3 Å². The molecule has 0 fully saturated rings. The molecule has 0 N–H and O–H groups in total. The summed E-state index contributed by atoms with van der Waals surface area (Å²) in [6.07, 6.45) is 3.39. The van der Waals surface area contributed by atoms with Crippen LogP contribution in [0.15, 0.2) is 33.3 Å². The highest BCUT2D eigenvalue weighted by Crippen LogP contribution is 2.18. The zero-order valence-corrected chi connectivity index (χ0v) is 8.59. The summed E-state index contributed by atoms with van der Waals surface area (Å²) in [4.78, 5) is 0. The molecular weight excluding hydrogens is 235 g/mol. The van der Waals surface area contributed by atoms with Crippen molar-refractivity contribution in [1.82, 2.24) is 0 Å². The van der Waals surface area contributed by atoms with Crippen LogP contribution in [0.1, 0.15) is 6.92 Å². The summed E-state index contributed by atoms with van der Waals surface area (Å²) >= 11 is 14.3. The van der Waals surface area contributed by atoms with Crippen LogP contribution in [0.25, 0.3) is 0 Å². The third kappa shape index (κ3) is 5.10. The molecule has 0 bridgehead atoms. The second-order valence-corrected chi connectivity index (χ2v) is 3.63. The Morgan fingerprint density at radius 2 is 1.90 bits per heavy atom. The van der Waals surface area contributed by atoms with Crippen molar-refractivity contribution in [2.75, 3.05) is 0 Å². The van der Waals surface area contributed by atoms with Gasteiger partial charge < -0.3 is 0 Å². The largest absolute Gasteiger partial charge is 0.0895 e. The lowest BCUT2D eigenvalue weighted by Crippen LogP contribution is -1.66. The maximum atomic E-state index is 5.67. The van der Waals surface area contributed by atoms with Crippen LogP contribution >= 0.6 is 39.1 Å². The average Bonchev–Trinajstić information content (AvgIpc) is 1.82. The summed E-state index contributed by atoms with van der Waals surface area (Å²) in [5.74, 6) is 0. The lowest BCUT2D eigenvalue weighted by Gasteiger charge is -1.89. The van der Waals surface area contributed by atoms with E-state index in [9.17, 15) is 0 Å². The van der Waals surface area contributed by atoms with Crippen molar-refractivity contribution in [3.63, 3.8) is 0 Å². The molecule has 56 valence electrons. The van der Waals surface area contributed by atoms with Crippen molar-refractivity contribution in [3.8, 4) is 0 Å². The summed E-state index contributed by atoms with van der Waals surface area (Å²) in [6.45, 7) is 5.35. The van der Waals surface area contributed by atoms with Gasteiger partial charge in [-0.15, -0.1) is 0 Å². The van der Waals surface area contributed by atoms with E-state index < -0.39 is 0 Å². The minimum absolute atomic E-state index is 0.556. The van der Waals surface area contributed by atoms with Crippen molar-refractivity contribution >= 4 is 39.1 Å². The Morgan fingerprint density at radius 3 is 2.20 bits per heavy atom. The Bertz CT molecular complexity index is 188. The predicted molar refractivity (Wildman–Crippen MR) is 51.6 cm³/mol. The van der Waals surface area contributed by atoms with Gasteiger partial charge in [-0.05, 0) is 35.0 Å². The van der Waals surface area contributed by atoms with E-state index in [4.69, 9.17) is 23.2 Å². The quantitative estimate of drug-likeness (QED) is 0.637. The van der Waals surface area contributed by atoms with Crippen LogP contribution in [0.2, 0.25) is 0 Å².